The molecule has 1 heterocycles. The lowest BCUT2D eigenvalue weighted by Gasteiger charge is -2.37. The summed E-state index contributed by atoms with van der Waals surface area (Å²) in [7, 11) is -3.90. The van der Waals surface area contributed by atoms with Crippen LogP contribution in [0.2, 0.25) is 10.0 Å². The summed E-state index contributed by atoms with van der Waals surface area (Å²) in [5, 5.41) is 14.9. The Morgan fingerprint density at radius 2 is 1.82 bits per heavy atom. The van der Waals surface area contributed by atoms with E-state index in [2.05, 4.69) is 22.2 Å². The number of anilines is 2. The second kappa shape index (κ2) is 8.61. The maximum atomic E-state index is 13.1. The Kier molecular flexibility index (Phi) is 5.75. The first kappa shape index (κ1) is 22.7. The molecule has 3 aromatic carbocycles. The fourth-order valence-electron chi connectivity index (χ4n) is 4.66. The van der Waals surface area contributed by atoms with Crippen molar-refractivity contribution >= 4 is 50.3 Å². The van der Waals surface area contributed by atoms with E-state index in [4.69, 9.17) is 23.2 Å². The topological polar surface area (TPSA) is 101 Å². The average Bonchev–Trinajstić information content (AvgIpc) is 3.31. The lowest BCUT2D eigenvalue weighted by atomic mass is 9.77. The average molecular weight is 516 g/mol. The largest absolute Gasteiger partial charge is 0.378 e. The third kappa shape index (κ3) is 4.02. The molecule has 2 aliphatic rings. The molecule has 0 saturated heterocycles. The molecule has 1 aliphatic carbocycles. The van der Waals surface area contributed by atoms with Crippen LogP contribution >= 0.6 is 23.2 Å². The van der Waals surface area contributed by atoms with Crippen LogP contribution in [0.15, 0.2) is 77.7 Å². The van der Waals surface area contributed by atoms with Crippen molar-refractivity contribution in [2.24, 2.45) is 5.92 Å². The van der Waals surface area contributed by atoms with E-state index in [0.29, 0.717) is 0 Å². The summed E-state index contributed by atoms with van der Waals surface area (Å²) in [6.45, 7) is 0. The number of fused-ring (bicyclic) bond motifs is 3. The number of nitro groups is 1. The van der Waals surface area contributed by atoms with E-state index in [1.807, 2.05) is 0 Å². The highest BCUT2D eigenvalue weighted by molar-refractivity contribution is 7.92. The molecule has 0 amide bonds. The number of nitrogens with one attached hydrogen (secondary N) is 2. The summed E-state index contributed by atoms with van der Waals surface area (Å²) >= 11 is 12.2. The molecule has 2 N–H and O–H groups in total. The molecule has 0 saturated carbocycles. The van der Waals surface area contributed by atoms with Gasteiger partial charge in [0, 0.05) is 23.7 Å². The SMILES string of the molecule is O=[N+]([O-])c1ccc([C@H]2Nc3ccc(S(=O)(=O)Nc4cccc(Cl)c4Cl)cc3[C@H]3C=CC[C@H]32)cc1. The van der Waals surface area contributed by atoms with Crippen molar-refractivity contribution in [1.29, 1.82) is 0 Å². The highest BCUT2D eigenvalue weighted by Crippen LogP contribution is 2.50. The van der Waals surface area contributed by atoms with Crippen LogP contribution in [0.5, 0.6) is 0 Å². The van der Waals surface area contributed by atoms with Crippen molar-refractivity contribution in [3.8, 4) is 0 Å². The zero-order valence-electron chi connectivity index (χ0n) is 17.6. The van der Waals surface area contributed by atoms with Gasteiger partial charge in [-0.05, 0) is 53.8 Å². The third-order valence-corrected chi connectivity index (χ3v) is 8.49. The molecular formula is C24H19Cl2N3O4S. The van der Waals surface area contributed by atoms with E-state index in [1.54, 1.807) is 48.5 Å². The van der Waals surface area contributed by atoms with Gasteiger partial charge in [-0.25, -0.2) is 8.42 Å². The van der Waals surface area contributed by atoms with Gasteiger partial charge < -0.3 is 5.32 Å². The van der Waals surface area contributed by atoms with Crippen LogP contribution in [0, 0.1) is 16.0 Å². The number of benzene rings is 3. The van der Waals surface area contributed by atoms with Gasteiger partial charge in [-0.15, -0.1) is 0 Å². The number of non-ortho nitro benzene ring substituents is 1. The van der Waals surface area contributed by atoms with Gasteiger partial charge in [0.2, 0.25) is 0 Å². The van der Waals surface area contributed by atoms with Gasteiger partial charge in [-0.3, -0.25) is 14.8 Å². The molecule has 3 atom stereocenters. The minimum Gasteiger partial charge on any atom is -0.378 e. The standard InChI is InChI=1S/C24H19Cl2N3O4S/c25-20-5-2-6-22(23(20)26)28-34(32,33)16-11-12-21-19(13-16)17-3-1-4-18(17)24(27-21)14-7-9-15(10-8-14)29(30)31/h1-3,5-13,17-18,24,27-28H,4H2/t17-,18+,24+/m0/s1. The van der Waals surface area contributed by atoms with Gasteiger partial charge in [0.1, 0.15) is 0 Å². The van der Waals surface area contributed by atoms with Crippen molar-refractivity contribution in [2.75, 3.05) is 10.0 Å². The Hall–Kier alpha value is -3.07. The minimum atomic E-state index is -3.90. The number of sulfonamides is 1. The fraction of sp³-hybridized carbons (Fsp3) is 0.167. The van der Waals surface area contributed by atoms with Gasteiger partial charge in [0.15, 0.2) is 0 Å². The molecule has 0 unspecified atom stereocenters. The smallest absolute Gasteiger partial charge is 0.269 e. The molecule has 174 valence electrons. The van der Waals surface area contributed by atoms with Gasteiger partial charge in [0.05, 0.1) is 31.6 Å². The summed E-state index contributed by atoms with van der Waals surface area (Å²) < 4.78 is 28.7. The predicted octanol–water partition coefficient (Wildman–Crippen LogP) is 6.53. The Labute approximate surface area is 206 Å². The van der Waals surface area contributed by atoms with Crippen LogP contribution in [0.3, 0.4) is 0 Å². The van der Waals surface area contributed by atoms with Gasteiger partial charge >= 0.3 is 0 Å². The second-order valence-electron chi connectivity index (χ2n) is 8.28. The highest BCUT2D eigenvalue weighted by Gasteiger charge is 2.38. The van der Waals surface area contributed by atoms with Gasteiger partial charge in [-0.1, -0.05) is 53.6 Å². The van der Waals surface area contributed by atoms with Crippen molar-refractivity contribution in [3.63, 3.8) is 0 Å². The minimum absolute atomic E-state index is 0.0151. The first-order valence-corrected chi connectivity index (χ1v) is 12.8. The quantitative estimate of drug-likeness (QED) is 0.228. The van der Waals surface area contributed by atoms with Crippen LogP contribution in [0.1, 0.15) is 29.5 Å². The molecule has 10 heteroatoms. The van der Waals surface area contributed by atoms with E-state index in [0.717, 1.165) is 23.2 Å². The lowest BCUT2D eigenvalue weighted by Crippen LogP contribution is -2.29. The third-order valence-electron chi connectivity index (χ3n) is 6.30. The Balaban J connectivity index is 1.47. The number of hydrogen-bond donors (Lipinski definition) is 2. The molecule has 7 nitrogen and oxygen atoms in total. The number of allylic oxidation sites excluding steroid dienone is 2. The molecule has 3 aromatic rings. The predicted molar refractivity (Wildman–Crippen MR) is 133 cm³/mol. The van der Waals surface area contributed by atoms with Crippen LogP contribution in [0.4, 0.5) is 17.1 Å². The summed E-state index contributed by atoms with van der Waals surface area (Å²) in [6, 6.07) is 16.2. The Morgan fingerprint density at radius 1 is 1.06 bits per heavy atom. The number of nitro benzene ring substituents is 1. The maximum absolute atomic E-state index is 13.1. The van der Waals surface area contributed by atoms with Crippen molar-refractivity contribution < 1.29 is 13.3 Å². The summed E-state index contributed by atoms with van der Waals surface area (Å²) in [5.74, 6) is 0.170. The first-order chi connectivity index (χ1) is 16.2. The van der Waals surface area contributed by atoms with E-state index in [1.165, 1.54) is 12.1 Å². The maximum Gasteiger partial charge on any atom is 0.269 e. The van der Waals surface area contributed by atoms with Crippen LogP contribution < -0.4 is 10.0 Å². The van der Waals surface area contributed by atoms with E-state index in [-0.39, 0.29) is 44.2 Å². The molecule has 0 radical (unpaired) electrons. The van der Waals surface area contributed by atoms with Crippen molar-refractivity contribution in [3.05, 3.63) is 104 Å². The fourth-order valence-corrected chi connectivity index (χ4v) is 6.17. The number of nitrogens with zero attached hydrogens (tertiary/aromatic N) is 1. The first-order valence-electron chi connectivity index (χ1n) is 10.5. The zero-order valence-corrected chi connectivity index (χ0v) is 19.9. The molecule has 0 spiro atoms. The summed E-state index contributed by atoms with van der Waals surface area (Å²) in [4.78, 5) is 10.7. The summed E-state index contributed by atoms with van der Waals surface area (Å²) in [5.41, 5.74) is 2.92. The lowest BCUT2D eigenvalue weighted by molar-refractivity contribution is -0.384. The number of halogens is 2. The van der Waals surface area contributed by atoms with Crippen molar-refractivity contribution in [1.82, 2.24) is 0 Å². The number of rotatable bonds is 5. The van der Waals surface area contributed by atoms with E-state index in [9.17, 15) is 18.5 Å². The molecule has 0 bridgehead atoms. The van der Waals surface area contributed by atoms with Crippen LogP contribution in [0.25, 0.3) is 0 Å². The molecule has 34 heavy (non-hydrogen) atoms. The number of hydrogen-bond acceptors (Lipinski definition) is 5. The second-order valence-corrected chi connectivity index (χ2v) is 10.7. The summed E-state index contributed by atoms with van der Waals surface area (Å²) in [6.07, 6.45) is 5.00. The Morgan fingerprint density at radius 3 is 2.56 bits per heavy atom. The monoisotopic (exact) mass is 515 g/mol. The van der Waals surface area contributed by atoms with Crippen LogP contribution in [-0.2, 0) is 10.0 Å². The Bertz CT molecular complexity index is 1420. The van der Waals surface area contributed by atoms with Gasteiger partial charge in [0.25, 0.3) is 15.7 Å². The zero-order chi connectivity index (χ0) is 24.0. The highest BCUT2D eigenvalue weighted by atomic mass is 35.5. The van der Waals surface area contributed by atoms with Crippen LogP contribution in [-0.4, -0.2) is 13.3 Å². The van der Waals surface area contributed by atoms with Crippen molar-refractivity contribution in [2.45, 2.75) is 23.3 Å². The van der Waals surface area contributed by atoms with Gasteiger partial charge in [-0.2, -0.15) is 0 Å². The molecular weight excluding hydrogens is 497 g/mol. The molecule has 1 aliphatic heterocycles. The normalized spacial score (nSPS) is 20.8. The van der Waals surface area contributed by atoms with E-state index >= 15 is 0 Å². The van der Waals surface area contributed by atoms with E-state index < -0.39 is 14.9 Å². The molecule has 5 rings (SSSR count). The molecule has 0 fully saturated rings. The molecule has 0 aromatic heterocycles.